The monoisotopic (exact) mass is 323 g/mol. The summed E-state index contributed by atoms with van der Waals surface area (Å²) in [6.07, 6.45) is 0. The Balaban J connectivity index is 1.81. The van der Waals surface area contributed by atoms with Crippen LogP contribution in [0.2, 0.25) is 0 Å². The number of benzene rings is 2. The van der Waals surface area contributed by atoms with Gasteiger partial charge in [0.05, 0.1) is 0 Å². The van der Waals surface area contributed by atoms with Crippen LogP contribution in [0.5, 0.6) is 0 Å². The smallest absolute Gasteiger partial charge is 0.290 e. The largest absolute Gasteiger partial charge is 0.339 e. The first kappa shape index (κ1) is 15.4. The second-order valence-corrected chi connectivity index (χ2v) is 6.41. The third kappa shape index (κ3) is 3.66. The number of Topliss-reactive ketones (excluding diaryl/α,β-unsaturated/α-hetero) is 1. The number of nitrogens with one attached hydrogen (secondary N) is 1. The van der Waals surface area contributed by atoms with Gasteiger partial charge in [0.25, 0.3) is 0 Å². The Morgan fingerprint density at radius 1 is 1.04 bits per heavy atom. The number of carbonyl (C=O) groups excluding carboxylic acids is 1. The van der Waals surface area contributed by atoms with Gasteiger partial charge in [-0.25, -0.2) is 9.88 Å². The van der Waals surface area contributed by atoms with Gasteiger partial charge in [-0.1, -0.05) is 59.4 Å². The van der Waals surface area contributed by atoms with Crippen molar-refractivity contribution in [3.8, 4) is 0 Å². The van der Waals surface area contributed by atoms with Gasteiger partial charge in [-0.15, -0.1) is 0 Å². The molecule has 0 radical (unpaired) electrons. The Bertz CT molecular complexity index is 807. The predicted octanol–water partition coefficient (Wildman–Crippen LogP) is 4.28. The Hall–Kier alpha value is -2.46. The van der Waals surface area contributed by atoms with E-state index in [2.05, 4.69) is 10.7 Å². The molecule has 0 aliphatic heterocycles. The normalized spacial score (nSPS) is 10.5. The van der Waals surface area contributed by atoms with Crippen molar-refractivity contribution in [1.82, 2.24) is 0 Å². The van der Waals surface area contributed by atoms with Crippen LogP contribution in [0.15, 0.2) is 60.0 Å². The number of hydrogen-bond donors (Lipinski definition) is 1. The van der Waals surface area contributed by atoms with Gasteiger partial charge >= 0.3 is 5.13 Å². The fourth-order valence-electron chi connectivity index (χ4n) is 2.34. The van der Waals surface area contributed by atoms with E-state index in [1.807, 2.05) is 73.0 Å². The van der Waals surface area contributed by atoms with E-state index >= 15 is 0 Å². The van der Waals surface area contributed by atoms with Crippen molar-refractivity contribution in [2.24, 2.45) is 0 Å². The Labute approximate surface area is 140 Å². The van der Waals surface area contributed by atoms with Gasteiger partial charge < -0.3 is 0 Å². The number of nitrogens with zero attached hydrogens (tertiary/aromatic N) is 1. The first-order chi connectivity index (χ1) is 11.1. The SMILES string of the molecule is Cc1ccc(C(=O)C[n+]2c(C)csc2Nc2ccccc2)cc1. The zero-order valence-electron chi connectivity index (χ0n) is 13.2. The van der Waals surface area contributed by atoms with E-state index in [9.17, 15) is 4.79 Å². The minimum absolute atomic E-state index is 0.118. The van der Waals surface area contributed by atoms with Gasteiger partial charge in [-0.3, -0.25) is 4.79 Å². The van der Waals surface area contributed by atoms with Crippen molar-refractivity contribution in [2.75, 3.05) is 5.32 Å². The predicted molar refractivity (Wildman–Crippen MR) is 94.5 cm³/mol. The average molecular weight is 323 g/mol. The quantitative estimate of drug-likeness (QED) is 0.561. The Morgan fingerprint density at radius 3 is 2.43 bits per heavy atom. The lowest BCUT2D eigenvalue weighted by molar-refractivity contribution is -0.670. The number of rotatable bonds is 5. The summed E-state index contributed by atoms with van der Waals surface area (Å²) in [7, 11) is 0. The molecular formula is C19H19N2OS+. The zero-order chi connectivity index (χ0) is 16.2. The molecule has 3 aromatic rings. The van der Waals surface area contributed by atoms with Crippen molar-refractivity contribution >= 4 is 27.9 Å². The van der Waals surface area contributed by atoms with Gasteiger partial charge in [0, 0.05) is 10.9 Å². The van der Waals surface area contributed by atoms with Crippen LogP contribution >= 0.6 is 11.3 Å². The maximum Gasteiger partial charge on any atom is 0.339 e. The second kappa shape index (κ2) is 6.75. The number of hydrogen-bond acceptors (Lipinski definition) is 3. The maximum atomic E-state index is 12.5. The minimum Gasteiger partial charge on any atom is -0.290 e. The molecule has 3 rings (SSSR count). The average Bonchev–Trinajstić information content (AvgIpc) is 2.89. The molecule has 116 valence electrons. The van der Waals surface area contributed by atoms with Crippen LogP contribution in [0.25, 0.3) is 0 Å². The lowest BCUT2D eigenvalue weighted by Crippen LogP contribution is -2.40. The molecule has 0 aliphatic carbocycles. The number of aromatic nitrogens is 1. The van der Waals surface area contributed by atoms with Crippen molar-refractivity contribution in [3.05, 3.63) is 76.8 Å². The number of ketones is 1. The molecule has 1 N–H and O–H groups in total. The summed E-state index contributed by atoms with van der Waals surface area (Å²) in [4.78, 5) is 12.5. The molecule has 4 heteroatoms. The number of carbonyl (C=O) groups is 1. The maximum absolute atomic E-state index is 12.5. The molecule has 0 fully saturated rings. The summed E-state index contributed by atoms with van der Waals surface area (Å²) in [5.41, 5.74) is 4.01. The van der Waals surface area contributed by atoms with E-state index < -0.39 is 0 Å². The van der Waals surface area contributed by atoms with Crippen LogP contribution in [-0.2, 0) is 6.54 Å². The first-order valence-corrected chi connectivity index (χ1v) is 8.41. The van der Waals surface area contributed by atoms with Gasteiger partial charge in [0.1, 0.15) is 11.4 Å². The lowest BCUT2D eigenvalue weighted by Gasteiger charge is -2.04. The number of thiazole rings is 1. The van der Waals surface area contributed by atoms with Crippen LogP contribution in [0.4, 0.5) is 10.8 Å². The van der Waals surface area contributed by atoms with E-state index in [0.29, 0.717) is 6.54 Å². The van der Waals surface area contributed by atoms with Gasteiger partial charge in [-0.2, -0.15) is 0 Å². The second-order valence-electron chi connectivity index (χ2n) is 5.55. The minimum atomic E-state index is 0.118. The van der Waals surface area contributed by atoms with Gasteiger partial charge in [0.15, 0.2) is 6.54 Å². The molecule has 0 bridgehead atoms. The van der Waals surface area contributed by atoms with Crippen LogP contribution in [-0.4, -0.2) is 5.78 Å². The topological polar surface area (TPSA) is 33.0 Å². The molecule has 0 spiro atoms. The van der Waals surface area contributed by atoms with Crippen LogP contribution in [0.3, 0.4) is 0 Å². The van der Waals surface area contributed by atoms with E-state index in [-0.39, 0.29) is 5.78 Å². The van der Waals surface area contributed by atoms with Gasteiger partial charge in [0.2, 0.25) is 5.78 Å². The third-order valence-corrected chi connectivity index (χ3v) is 4.72. The first-order valence-electron chi connectivity index (χ1n) is 7.53. The molecule has 0 atom stereocenters. The van der Waals surface area contributed by atoms with E-state index in [4.69, 9.17) is 0 Å². The number of para-hydroxylation sites is 1. The summed E-state index contributed by atoms with van der Waals surface area (Å²) < 4.78 is 2.03. The molecule has 1 aromatic heterocycles. The summed E-state index contributed by atoms with van der Waals surface area (Å²) in [5, 5.41) is 6.42. The molecule has 0 aliphatic rings. The highest BCUT2D eigenvalue weighted by Gasteiger charge is 2.19. The number of aryl methyl sites for hydroxylation is 2. The Morgan fingerprint density at radius 2 is 1.74 bits per heavy atom. The molecule has 0 saturated carbocycles. The van der Waals surface area contributed by atoms with Crippen LogP contribution in [0, 0.1) is 13.8 Å². The standard InChI is InChI=1S/C19H18N2OS/c1-14-8-10-16(11-9-14)18(22)12-21-15(2)13-23-19(21)20-17-6-4-3-5-7-17/h3-11,13H,12H2,1-2H3/p+1. The van der Waals surface area contributed by atoms with E-state index in [0.717, 1.165) is 27.6 Å². The van der Waals surface area contributed by atoms with Gasteiger partial charge in [-0.05, 0) is 26.0 Å². The molecule has 2 aromatic carbocycles. The van der Waals surface area contributed by atoms with Crippen LogP contribution in [0.1, 0.15) is 21.6 Å². The zero-order valence-corrected chi connectivity index (χ0v) is 14.1. The van der Waals surface area contributed by atoms with E-state index in [1.54, 1.807) is 11.3 Å². The molecule has 0 saturated heterocycles. The molecule has 23 heavy (non-hydrogen) atoms. The fourth-order valence-corrected chi connectivity index (χ4v) is 3.26. The molecule has 3 nitrogen and oxygen atoms in total. The summed E-state index contributed by atoms with van der Waals surface area (Å²) in [5.74, 6) is 0.118. The van der Waals surface area contributed by atoms with Crippen molar-refractivity contribution < 1.29 is 9.36 Å². The molecular weight excluding hydrogens is 304 g/mol. The molecule has 0 amide bonds. The summed E-state index contributed by atoms with van der Waals surface area (Å²) >= 11 is 1.61. The highest BCUT2D eigenvalue weighted by atomic mass is 32.1. The molecule has 0 unspecified atom stereocenters. The number of anilines is 2. The third-order valence-electron chi connectivity index (χ3n) is 3.71. The highest BCUT2D eigenvalue weighted by molar-refractivity contribution is 7.13. The summed E-state index contributed by atoms with van der Waals surface area (Å²) in [6, 6.07) is 17.7. The van der Waals surface area contributed by atoms with Crippen molar-refractivity contribution in [1.29, 1.82) is 0 Å². The Kier molecular flexibility index (Phi) is 4.53. The van der Waals surface area contributed by atoms with Crippen LogP contribution < -0.4 is 9.88 Å². The fraction of sp³-hybridized carbons (Fsp3) is 0.158. The highest BCUT2D eigenvalue weighted by Crippen LogP contribution is 2.19. The molecule has 1 heterocycles. The lowest BCUT2D eigenvalue weighted by atomic mass is 10.1. The van der Waals surface area contributed by atoms with Crippen molar-refractivity contribution in [2.45, 2.75) is 20.4 Å². The summed E-state index contributed by atoms with van der Waals surface area (Å²) in [6.45, 7) is 4.39. The van der Waals surface area contributed by atoms with Crippen molar-refractivity contribution in [3.63, 3.8) is 0 Å². The van der Waals surface area contributed by atoms with E-state index in [1.165, 1.54) is 0 Å².